The fourth-order valence-electron chi connectivity index (χ4n) is 1.33. The molecule has 0 radical (unpaired) electrons. The van der Waals surface area contributed by atoms with E-state index in [1.54, 1.807) is 13.4 Å². The van der Waals surface area contributed by atoms with E-state index in [4.69, 9.17) is 4.74 Å². The second kappa shape index (κ2) is 7.45. The van der Waals surface area contributed by atoms with Gasteiger partial charge in [0.2, 0.25) is 0 Å². The van der Waals surface area contributed by atoms with Crippen molar-refractivity contribution < 1.29 is 4.74 Å². The van der Waals surface area contributed by atoms with Crippen LogP contribution in [0.25, 0.3) is 0 Å². The molecule has 0 unspecified atom stereocenters. The van der Waals surface area contributed by atoms with Gasteiger partial charge in [0, 0.05) is 27.2 Å². The van der Waals surface area contributed by atoms with Crippen LogP contribution >= 0.6 is 15.9 Å². The van der Waals surface area contributed by atoms with Crippen LogP contribution in [0.15, 0.2) is 10.8 Å². The zero-order chi connectivity index (χ0) is 12.7. The minimum atomic E-state index is 0.671. The Morgan fingerprint density at radius 2 is 2.24 bits per heavy atom. The van der Waals surface area contributed by atoms with Gasteiger partial charge in [-0.25, -0.2) is 9.97 Å². The molecule has 0 bridgehead atoms. The molecule has 0 spiro atoms. The molecular weight excluding hydrogens is 284 g/mol. The number of halogens is 1. The molecule has 1 aromatic rings. The van der Waals surface area contributed by atoms with Gasteiger partial charge in [0.05, 0.1) is 6.61 Å². The minimum absolute atomic E-state index is 0.671. The minimum Gasteiger partial charge on any atom is -0.383 e. The Balaban J connectivity index is 2.78. The Hall–Kier alpha value is -0.880. The van der Waals surface area contributed by atoms with Crippen LogP contribution in [0.4, 0.5) is 11.6 Å². The van der Waals surface area contributed by atoms with E-state index < -0.39 is 0 Å². The van der Waals surface area contributed by atoms with Crippen LogP contribution in [0.3, 0.4) is 0 Å². The van der Waals surface area contributed by atoms with Gasteiger partial charge in [0.1, 0.15) is 22.4 Å². The van der Waals surface area contributed by atoms with E-state index in [1.165, 1.54) is 0 Å². The molecule has 0 saturated carbocycles. The second-order valence-electron chi connectivity index (χ2n) is 3.70. The van der Waals surface area contributed by atoms with Gasteiger partial charge < -0.3 is 15.0 Å². The normalized spacial score (nSPS) is 10.4. The molecule has 96 valence electrons. The molecule has 0 aromatic carbocycles. The highest BCUT2D eigenvalue weighted by atomic mass is 79.9. The number of hydrogen-bond donors (Lipinski definition) is 1. The number of hydrogen-bond acceptors (Lipinski definition) is 5. The van der Waals surface area contributed by atoms with Crippen molar-refractivity contribution in [2.75, 3.05) is 44.1 Å². The van der Waals surface area contributed by atoms with Crippen LogP contribution in [-0.2, 0) is 4.74 Å². The molecule has 0 atom stereocenters. The summed E-state index contributed by atoms with van der Waals surface area (Å²) >= 11 is 3.53. The summed E-state index contributed by atoms with van der Waals surface area (Å²) in [5, 5.41) is 3.26. The molecule has 0 aliphatic rings. The summed E-state index contributed by atoms with van der Waals surface area (Å²) in [6.45, 7) is 4.48. The van der Waals surface area contributed by atoms with Crippen LogP contribution < -0.4 is 10.2 Å². The fraction of sp³-hybridized carbons (Fsp3) is 0.636. The van der Waals surface area contributed by atoms with Gasteiger partial charge >= 0.3 is 0 Å². The Kier molecular flexibility index (Phi) is 6.21. The van der Waals surface area contributed by atoms with Crippen molar-refractivity contribution in [3.8, 4) is 0 Å². The summed E-state index contributed by atoms with van der Waals surface area (Å²) in [5.41, 5.74) is 0. The monoisotopic (exact) mass is 302 g/mol. The first-order valence-electron chi connectivity index (χ1n) is 5.65. The summed E-state index contributed by atoms with van der Waals surface area (Å²) in [6, 6.07) is 0. The summed E-state index contributed by atoms with van der Waals surface area (Å²) in [5.74, 6) is 1.71. The van der Waals surface area contributed by atoms with Gasteiger partial charge in [-0.3, -0.25) is 0 Å². The van der Waals surface area contributed by atoms with Gasteiger partial charge in [0.15, 0.2) is 0 Å². The van der Waals surface area contributed by atoms with Crippen molar-refractivity contribution in [3.63, 3.8) is 0 Å². The molecule has 1 rings (SSSR count). The van der Waals surface area contributed by atoms with Crippen LogP contribution in [-0.4, -0.2) is 43.8 Å². The second-order valence-corrected chi connectivity index (χ2v) is 4.49. The SMILES string of the molecule is CCCNc1ncnc(N(C)CCOC)c1Br. The van der Waals surface area contributed by atoms with E-state index in [1.807, 2.05) is 11.9 Å². The average molecular weight is 303 g/mol. The lowest BCUT2D eigenvalue weighted by molar-refractivity contribution is 0.206. The summed E-state index contributed by atoms with van der Waals surface area (Å²) in [4.78, 5) is 10.5. The number of nitrogens with one attached hydrogen (secondary N) is 1. The largest absolute Gasteiger partial charge is 0.383 e. The number of likely N-dealkylation sites (N-methyl/N-ethyl adjacent to an activating group) is 1. The predicted molar refractivity (Wildman–Crippen MR) is 73.7 cm³/mol. The molecule has 6 heteroatoms. The third kappa shape index (κ3) is 4.12. The number of anilines is 2. The van der Waals surface area contributed by atoms with Crippen LogP contribution in [0.5, 0.6) is 0 Å². The summed E-state index contributed by atoms with van der Waals surface area (Å²) in [7, 11) is 3.67. The lowest BCUT2D eigenvalue weighted by atomic mass is 10.4. The lowest BCUT2D eigenvalue weighted by Crippen LogP contribution is -2.24. The van der Waals surface area contributed by atoms with E-state index in [2.05, 4.69) is 38.1 Å². The molecule has 0 fully saturated rings. The molecular formula is C11H19BrN4O. The van der Waals surface area contributed by atoms with E-state index >= 15 is 0 Å². The summed E-state index contributed by atoms with van der Waals surface area (Å²) < 4.78 is 5.95. The van der Waals surface area contributed by atoms with Crippen LogP contribution in [0.2, 0.25) is 0 Å². The highest BCUT2D eigenvalue weighted by Crippen LogP contribution is 2.28. The van der Waals surface area contributed by atoms with Gasteiger partial charge in [0.25, 0.3) is 0 Å². The molecule has 5 nitrogen and oxygen atoms in total. The Bertz CT molecular complexity index is 348. The van der Waals surface area contributed by atoms with Crippen LogP contribution in [0.1, 0.15) is 13.3 Å². The quantitative estimate of drug-likeness (QED) is 0.836. The first-order chi connectivity index (χ1) is 8.20. The lowest BCUT2D eigenvalue weighted by Gasteiger charge is -2.20. The molecule has 0 aliphatic carbocycles. The Morgan fingerprint density at radius 1 is 1.47 bits per heavy atom. The maximum absolute atomic E-state index is 5.05. The number of methoxy groups -OCH3 is 1. The van der Waals surface area contributed by atoms with E-state index in [-0.39, 0.29) is 0 Å². The Morgan fingerprint density at radius 3 is 2.88 bits per heavy atom. The number of rotatable bonds is 7. The maximum atomic E-state index is 5.05. The van der Waals surface area contributed by atoms with Crippen LogP contribution in [0, 0.1) is 0 Å². The van der Waals surface area contributed by atoms with Crippen molar-refractivity contribution in [2.24, 2.45) is 0 Å². The van der Waals surface area contributed by atoms with Crippen molar-refractivity contribution >= 4 is 27.6 Å². The molecule has 0 amide bonds. The van der Waals surface area contributed by atoms with E-state index in [9.17, 15) is 0 Å². The molecule has 1 N–H and O–H groups in total. The highest BCUT2D eigenvalue weighted by molar-refractivity contribution is 9.10. The zero-order valence-electron chi connectivity index (χ0n) is 10.5. The third-order valence-corrected chi connectivity index (χ3v) is 3.04. The maximum Gasteiger partial charge on any atom is 0.148 e. The zero-order valence-corrected chi connectivity index (χ0v) is 12.1. The first-order valence-corrected chi connectivity index (χ1v) is 6.44. The van der Waals surface area contributed by atoms with Crippen molar-refractivity contribution in [1.82, 2.24) is 9.97 Å². The standard InChI is InChI=1S/C11H19BrN4O/c1-4-5-13-10-9(12)11(15-8-14-10)16(2)6-7-17-3/h8H,4-7H2,1-3H3,(H,13,14,15). The van der Waals surface area contributed by atoms with Crippen molar-refractivity contribution in [3.05, 3.63) is 10.8 Å². The average Bonchev–Trinajstić information content (AvgIpc) is 2.34. The first kappa shape index (κ1) is 14.2. The molecule has 1 heterocycles. The molecule has 0 saturated heterocycles. The van der Waals surface area contributed by atoms with Gasteiger partial charge in [-0.05, 0) is 22.4 Å². The molecule has 17 heavy (non-hydrogen) atoms. The number of nitrogens with zero attached hydrogens (tertiary/aromatic N) is 3. The third-order valence-electron chi connectivity index (χ3n) is 2.31. The van der Waals surface area contributed by atoms with Crippen molar-refractivity contribution in [1.29, 1.82) is 0 Å². The van der Waals surface area contributed by atoms with E-state index in [0.29, 0.717) is 6.61 Å². The topological polar surface area (TPSA) is 50.3 Å². The Labute approximate surface area is 111 Å². The number of aromatic nitrogens is 2. The highest BCUT2D eigenvalue weighted by Gasteiger charge is 2.11. The molecule has 1 aromatic heterocycles. The summed E-state index contributed by atoms with van der Waals surface area (Å²) in [6.07, 6.45) is 2.63. The van der Waals surface area contributed by atoms with Gasteiger partial charge in [-0.15, -0.1) is 0 Å². The van der Waals surface area contributed by atoms with Gasteiger partial charge in [-0.1, -0.05) is 6.92 Å². The number of ether oxygens (including phenoxy) is 1. The van der Waals surface area contributed by atoms with Gasteiger partial charge in [-0.2, -0.15) is 0 Å². The molecule has 0 aliphatic heterocycles. The van der Waals surface area contributed by atoms with Crippen molar-refractivity contribution in [2.45, 2.75) is 13.3 Å². The fourth-order valence-corrected chi connectivity index (χ4v) is 1.98. The van der Waals surface area contributed by atoms with E-state index in [0.717, 1.165) is 35.6 Å². The predicted octanol–water partition coefficient (Wildman–Crippen LogP) is 2.14. The smallest absolute Gasteiger partial charge is 0.148 e.